The van der Waals surface area contributed by atoms with Gasteiger partial charge in [-0.1, -0.05) is 11.2 Å². The van der Waals surface area contributed by atoms with Crippen molar-refractivity contribution in [1.82, 2.24) is 11.2 Å². The third-order valence-electron chi connectivity index (χ3n) is 2.59. The van der Waals surface area contributed by atoms with Gasteiger partial charge in [0.1, 0.15) is 12.5 Å². The molecule has 0 saturated carbocycles. The highest BCUT2D eigenvalue weighted by Crippen LogP contribution is 2.29. The summed E-state index contributed by atoms with van der Waals surface area (Å²) in [6, 6.07) is 5.13. The van der Waals surface area contributed by atoms with E-state index < -0.39 is 5.24 Å². The van der Waals surface area contributed by atoms with E-state index in [4.69, 9.17) is 21.3 Å². The van der Waals surface area contributed by atoms with Gasteiger partial charge in [0.15, 0.2) is 0 Å². The molecule has 0 atom stereocenters. The van der Waals surface area contributed by atoms with Crippen molar-refractivity contribution < 1.29 is 14.5 Å². The summed E-state index contributed by atoms with van der Waals surface area (Å²) in [5.74, 6) is 0. The Labute approximate surface area is 113 Å². The van der Waals surface area contributed by atoms with Crippen molar-refractivity contribution in [3.05, 3.63) is 48.7 Å². The molecule has 1 aromatic carbocycles. The molecule has 0 aromatic heterocycles. The van der Waals surface area contributed by atoms with Crippen LogP contribution in [0.15, 0.2) is 43.1 Å². The number of hydrogen-bond acceptors (Lipinski definition) is 7. The van der Waals surface area contributed by atoms with Gasteiger partial charge in [-0.25, -0.2) is 10.0 Å². The van der Waals surface area contributed by atoms with E-state index in [0.717, 1.165) is 5.69 Å². The molecule has 8 heteroatoms. The summed E-state index contributed by atoms with van der Waals surface area (Å²) >= 11 is 5.57. The normalized spacial score (nSPS) is 16.7. The molecule has 0 saturated heterocycles. The minimum Gasteiger partial charge on any atom is -0.395 e. The molecule has 0 unspecified atom stereocenters. The van der Waals surface area contributed by atoms with E-state index in [1.807, 2.05) is 0 Å². The van der Waals surface area contributed by atoms with Crippen molar-refractivity contribution in [1.29, 1.82) is 0 Å². The molecule has 3 rings (SSSR count). The van der Waals surface area contributed by atoms with E-state index in [1.165, 1.54) is 12.5 Å². The Kier molecular flexibility index (Phi) is 3.00. The van der Waals surface area contributed by atoms with Gasteiger partial charge < -0.3 is 9.68 Å². The highest BCUT2D eigenvalue weighted by atomic mass is 35.5. The molecule has 0 spiro atoms. The first-order valence-corrected chi connectivity index (χ1v) is 5.72. The molecule has 1 aromatic rings. The third-order valence-corrected chi connectivity index (χ3v) is 2.79. The van der Waals surface area contributed by atoms with Crippen LogP contribution in [0.1, 0.15) is 10.4 Å². The predicted molar refractivity (Wildman–Crippen MR) is 68.3 cm³/mol. The number of hydrogen-bond donors (Lipinski definition) is 2. The number of rotatable bonds is 3. The number of nitrogens with one attached hydrogen (secondary N) is 2. The lowest BCUT2D eigenvalue weighted by molar-refractivity contribution is 0.108. The zero-order chi connectivity index (χ0) is 13.2. The smallest absolute Gasteiger partial charge is 0.254 e. The van der Waals surface area contributed by atoms with Gasteiger partial charge in [-0.2, -0.15) is 0 Å². The first-order chi connectivity index (χ1) is 9.25. The summed E-state index contributed by atoms with van der Waals surface area (Å²) in [7, 11) is 0. The molecule has 0 bridgehead atoms. The molecule has 0 amide bonds. The first-order valence-electron chi connectivity index (χ1n) is 5.34. The molecule has 2 aliphatic heterocycles. The second-order valence-corrected chi connectivity index (χ2v) is 4.05. The van der Waals surface area contributed by atoms with E-state index in [-0.39, 0.29) is 0 Å². The maximum absolute atomic E-state index is 11.4. The average Bonchev–Trinajstić information content (AvgIpc) is 3.11. The molecular formula is C11H9ClN4O3. The van der Waals surface area contributed by atoms with Gasteiger partial charge in [0.25, 0.3) is 5.24 Å². The van der Waals surface area contributed by atoms with E-state index in [2.05, 4.69) is 11.2 Å². The summed E-state index contributed by atoms with van der Waals surface area (Å²) in [6.07, 6.45) is 6.28. The Hall–Kier alpha value is -2.22. The number of halogens is 1. The molecule has 98 valence electrons. The van der Waals surface area contributed by atoms with Crippen molar-refractivity contribution in [2.45, 2.75) is 0 Å². The van der Waals surface area contributed by atoms with Crippen LogP contribution in [-0.2, 0) is 9.68 Å². The van der Waals surface area contributed by atoms with Crippen LogP contribution in [0.25, 0.3) is 0 Å². The van der Waals surface area contributed by atoms with E-state index >= 15 is 0 Å². The molecule has 2 aliphatic rings. The molecule has 0 fully saturated rings. The van der Waals surface area contributed by atoms with Crippen molar-refractivity contribution in [3.63, 3.8) is 0 Å². The number of nitrogens with zero attached hydrogens (tertiary/aromatic N) is 2. The molecule has 7 nitrogen and oxygen atoms in total. The van der Waals surface area contributed by atoms with E-state index in [0.29, 0.717) is 11.3 Å². The van der Waals surface area contributed by atoms with Crippen LogP contribution < -0.4 is 21.2 Å². The number of hydrazine groups is 2. The van der Waals surface area contributed by atoms with Gasteiger partial charge in [0, 0.05) is 0 Å². The monoisotopic (exact) mass is 280 g/mol. The van der Waals surface area contributed by atoms with Gasteiger partial charge >= 0.3 is 0 Å². The zero-order valence-corrected chi connectivity index (χ0v) is 10.3. The Morgan fingerprint density at radius 1 is 1.11 bits per heavy atom. The lowest BCUT2D eigenvalue weighted by Gasteiger charge is -2.20. The second kappa shape index (κ2) is 4.81. The van der Waals surface area contributed by atoms with Crippen LogP contribution in [0.5, 0.6) is 0 Å². The fraction of sp³-hybridized carbons (Fsp3) is 0. The number of carbonyl (C=O) groups excluding carboxylic acids is 1. The average molecular weight is 281 g/mol. The van der Waals surface area contributed by atoms with Crippen LogP contribution in [0.2, 0.25) is 0 Å². The lowest BCUT2D eigenvalue weighted by Crippen LogP contribution is -2.30. The van der Waals surface area contributed by atoms with Gasteiger partial charge in [-0.05, 0) is 29.8 Å². The number of carbonyl (C=O) groups is 1. The number of anilines is 2. The Balaban J connectivity index is 2.01. The molecule has 0 aliphatic carbocycles. The van der Waals surface area contributed by atoms with Gasteiger partial charge in [0.05, 0.1) is 29.3 Å². The fourth-order valence-corrected chi connectivity index (χ4v) is 1.88. The van der Waals surface area contributed by atoms with Crippen molar-refractivity contribution in [2.24, 2.45) is 0 Å². The predicted octanol–water partition coefficient (Wildman–Crippen LogP) is 1.52. The fourth-order valence-electron chi connectivity index (χ4n) is 1.72. The Morgan fingerprint density at radius 3 is 2.37 bits per heavy atom. The number of benzene rings is 1. The van der Waals surface area contributed by atoms with Crippen molar-refractivity contribution >= 4 is 28.2 Å². The summed E-state index contributed by atoms with van der Waals surface area (Å²) in [6.45, 7) is 0. The van der Waals surface area contributed by atoms with E-state index in [1.54, 1.807) is 40.6 Å². The van der Waals surface area contributed by atoms with Crippen LogP contribution in [0.3, 0.4) is 0 Å². The summed E-state index contributed by atoms with van der Waals surface area (Å²) in [4.78, 5) is 21.2. The maximum Gasteiger partial charge on any atom is 0.254 e. The maximum atomic E-state index is 11.4. The summed E-state index contributed by atoms with van der Waals surface area (Å²) < 4.78 is 0. The van der Waals surface area contributed by atoms with Crippen LogP contribution in [0.4, 0.5) is 11.4 Å². The Morgan fingerprint density at radius 2 is 1.79 bits per heavy atom. The standard InChI is InChI=1S/C11H9ClN4O3/c12-11(17)9-2-1-8(15-3-5-18-13-15)7-10(9)16-4-6-19-14-16/h1-7,13-14H. The minimum atomic E-state index is -0.551. The topological polar surface area (TPSA) is 66.1 Å². The Bertz CT molecular complexity index is 575. The molecule has 2 N–H and O–H groups in total. The summed E-state index contributed by atoms with van der Waals surface area (Å²) in [5, 5.41) is 2.64. The van der Waals surface area contributed by atoms with Crippen molar-refractivity contribution in [3.8, 4) is 0 Å². The zero-order valence-electron chi connectivity index (χ0n) is 9.54. The quantitative estimate of drug-likeness (QED) is 0.814. The summed E-state index contributed by atoms with van der Waals surface area (Å²) in [5.41, 5.74) is 6.96. The van der Waals surface area contributed by atoms with Crippen LogP contribution >= 0.6 is 11.6 Å². The molecule has 19 heavy (non-hydrogen) atoms. The van der Waals surface area contributed by atoms with E-state index in [9.17, 15) is 4.79 Å². The second-order valence-electron chi connectivity index (χ2n) is 3.70. The van der Waals surface area contributed by atoms with Crippen LogP contribution in [-0.4, -0.2) is 5.24 Å². The molecule has 2 heterocycles. The van der Waals surface area contributed by atoms with Crippen molar-refractivity contribution in [2.75, 3.05) is 10.0 Å². The molecule has 0 radical (unpaired) electrons. The first kappa shape index (κ1) is 11.8. The van der Waals surface area contributed by atoms with Gasteiger partial charge in [0.2, 0.25) is 0 Å². The molecular weight excluding hydrogens is 272 g/mol. The third kappa shape index (κ3) is 2.22. The van der Waals surface area contributed by atoms with Crippen LogP contribution in [0, 0.1) is 0 Å². The highest BCUT2D eigenvalue weighted by molar-refractivity contribution is 6.68. The minimum absolute atomic E-state index is 0.358. The van der Waals surface area contributed by atoms with Gasteiger partial charge in [-0.15, -0.1) is 0 Å². The highest BCUT2D eigenvalue weighted by Gasteiger charge is 2.19. The largest absolute Gasteiger partial charge is 0.395 e. The lowest BCUT2D eigenvalue weighted by atomic mass is 10.1. The SMILES string of the molecule is O=C(Cl)c1ccc(N2C=CON2)cc1N1C=CON1. The van der Waals surface area contributed by atoms with Gasteiger partial charge in [-0.3, -0.25) is 4.79 Å².